The molecule has 1 aromatic carbocycles. The zero-order valence-electron chi connectivity index (χ0n) is 15.1. The van der Waals surface area contributed by atoms with Gasteiger partial charge in [-0.15, -0.1) is 0 Å². The zero-order chi connectivity index (χ0) is 19.9. The number of rotatable bonds is 3. The summed E-state index contributed by atoms with van der Waals surface area (Å²) >= 11 is 6.39. The normalized spacial score (nSPS) is 18.3. The van der Waals surface area contributed by atoms with E-state index < -0.39 is 11.9 Å². The van der Waals surface area contributed by atoms with Gasteiger partial charge in [0.1, 0.15) is 16.7 Å². The second-order valence-corrected chi connectivity index (χ2v) is 7.59. The Morgan fingerprint density at radius 3 is 2.54 bits per heavy atom. The molecule has 0 aliphatic carbocycles. The van der Waals surface area contributed by atoms with E-state index in [-0.39, 0.29) is 11.1 Å². The van der Waals surface area contributed by atoms with Crippen molar-refractivity contribution < 1.29 is 19.8 Å². The second-order valence-electron chi connectivity index (χ2n) is 7.21. The van der Waals surface area contributed by atoms with Crippen molar-refractivity contribution in [2.24, 2.45) is 0 Å². The van der Waals surface area contributed by atoms with Crippen molar-refractivity contribution in [1.82, 2.24) is 14.5 Å². The molecule has 0 radical (unpaired) electrons. The summed E-state index contributed by atoms with van der Waals surface area (Å²) in [6, 6.07) is 8.28. The Bertz CT molecular complexity index is 974. The molecule has 0 atom stereocenters. The monoisotopic (exact) mass is 401 g/mol. The minimum atomic E-state index is -1.26. The molecule has 28 heavy (non-hydrogen) atoms. The number of carboxylic acid groups (broad SMARTS) is 2. The van der Waals surface area contributed by atoms with Crippen LogP contribution in [-0.2, 0) is 28.0 Å². The van der Waals surface area contributed by atoms with Crippen LogP contribution in [0.2, 0.25) is 5.15 Å². The van der Waals surface area contributed by atoms with Gasteiger partial charge in [0.05, 0.1) is 17.7 Å². The molecule has 2 aromatic rings. The minimum Gasteiger partial charge on any atom is -0.478 e. The largest absolute Gasteiger partial charge is 0.478 e. The van der Waals surface area contributed by atoms with Gasteiger partial charge in [0.25, 0.3) is 0 Å². The number of benzene rings is 1. The first-order chi connectivity index (χ1) is 13.4. The molecule has 4 rings (SSSR count). The summed E-state index contributed by atoms with van der Waals surface area (Å²) in [5, 5.41) is 19.0. The summed E-state index contributed by atoms with van der Waals surface area (Å²) in [5.41, 5.74) is 1.89. The number of hydrogen-bond acceptors (Lipinski definition) is 4. The maximum atomic E-state index is 11.5. The highest BCUT2D eigenvalue weighted by atomic mass is 35.5. The summed E-state index contributed by atoms with van der Waals surface area (Å²) in [4.78, 5) is 28.8. The number of aliphatic carboxylic acids is 2. The van der Waals surface area contributed by atoms with Crippen LogP contribution in [0, 0.1) is 0 Å². The molecule has 3 heterocycles. The Morgan fingerprint density at radius 2 is 1.86 bits per heavy atom. The fraction of sp³-hybridized carbons (Fsp3) is 0.350. The van der Waals surface area contributed by atoms with E-state index in [0.29, 0.717) is 31.1 Å². The summed E-state index contributed by atoms with van der Waals surface area (Å²) < 4.78 is 2.04. The molecular formula is C20H20ClN3O4. The average Bonchev–Trinajstić information content (AvgIpc) is 2.99. The molecule has 7 nitrogen and oxygen atoms in total. The van der Waals surface area contributed by atoms with E-state index in [1.807, 2.05) is 16.7 Å². The smallest absolute Gasteiger partial charge is 0.352 e. The summed E-state index contributed by atoms with van der Waals surface area (Å²) in [6.07, 6.45) is 4.54. The van der Waals surface area contributed by atoms with E-state index >= 15 is 0 Å². The number of nitrogens with zero attached hydrogens (tertiary/aromatic N) is 3. The fourth-order valence-electron chi connectivity index (χ4n) is 4.53. The fourth-order valence-corrected chi connectivity index (χ4v) is 4.75. The first-order valence-electron chi connectivity index (χ1n) is 9.15. The van der Waals surface area contributed by atoms with Gasteiger partial charge in [0.15, 0.2) is 0 Å². The van der Waals surface area contributed by atoms with Gasteiger partial charge < -0.3 is 19.7 Å². The highest BCUT2D eigenvalue weighted by Crippen LogP contribution is 2.45. The van der Waals surface area contributed by atoms with Crippen LogP contribution in [0.4, 0.5) is 0 Å². The van der Waals surface area contributed by atoms with E-state index in [1.165, 1.54) is 11.1 Å². The van der Waals surface area contributed by atoms with Crippen LogP contribution in [0.5, 0.6) is 0 Å². The van der Waals surface area contributed by atoms with Gasteiger partial charge in [-0.05, 0) is 30.4 Å². The number of imidazole rings is 1. The number of likely N-dealkylation sites (tertiary alicyclic amines) is 1. The van der Waals surface area contributed by atoms with Gasteiger partial charge in [-0.1, -0.05) is 35.9 Å². The molecule has 2 aliphatic rings. The number of piperidine rings is 1. The Hall–Kier alpha value is -2.80. The third-order valence-corrected chi connectivity index (χ3v) is 6.11. The van der Waals surface area contributed by atoms with Crippen molar-refractivity contribution in [3.05, 3.63) is 64.3 Å². The molecule has 8 heteroatoms. The van der Waals surface area contributed by atoms with Gasteiger partial charge in [-0.25, -0.2) is 14.6 Å². The second kappa shape index (κ2) is 6.98. The molecule has 146 valence electrons. The van der Waals surface area contributed by atoms with Crippen LogP contribution < -0.4 is 0 Å². The van der Waals surface area contributed by atoms with Crippen molar-refractivity contribution in [2.45, 2.75) is 31.2 Å². The van der Waals surface area contributed by atoms with Gasteiger partial charge in [0.2, 0.25) is 0 Å². The molecule has 0 bridgehead atoms. The number of halogens is 1. The highest BCUT2D eigenvalue weighted by molar-refractivity contribution is 6.29. The van der Waals surface area contributed by atoms with E-state index in [4.69, 9.17) is 16.7 Å². The van der Waals surface area contributed by atoms with E-state index in [1.54, 1.807) is 11.1 Å². The summed E-state index contributed by atoms with van der Waals surface area (Å²) in [7, 11) is 0. The van der Waals surface area contributed by atoms with Crippen LogP contribution >= 0.6 is 11.6 Å². The number of carboxylic acids is 2. The molecule has 1 spiro atoms. The summed E-state index contributed by atoms with van der Waals surface area (Å²) in [6.45, 7) is 1.59. The van der Waals surface area contributed by atoms with E-state index in [2.05, 4.69) is 17.1 Å². The first-order valence-corrected chi connectivity index (χ1v) is 9.53. The van der Waals surface area contributed by atoms with Crippen molar-refractivity contribution in [3.63, 3.8) is 0 Å². The van der Waals surface area contributed by atoms with Gasteiger partial charge in [-0.3, -0.25) is 0 Å². The van der Waals surface area contributed by atoms with Crippen molar-refractivity contribution >= 4 is 23.5 Å². The van der Waals surface area contributed by atoms with Crippen LogP contribution in [0.25, 0.3) is 0 Å². The Labute approximate surface area is 166 Å². The topological polar surface area (TPSA) is 95.7 Å². The SMILES string of the molecule is O=C(O)/C=C(/C(=O)O)N1CCC2(CC1)c1ccccc1CCn1c(Cl)cnc12. The molecule has 1 fully saturated rings. The maximum absolute atomic E-state index is 11.5. The standard InChI is InChI=1S/C20H20ClN3O4/c21-16-12-22-19-20(14-4-2-1-3-13(14)5-8-24(16)19)6-9-23(10-7-20)15(18(27)28)11-17(25)26/h1-4,11-12H,5-10H2,(H,25,26)(H,27,28)/b15-11-. The Kier molecular flexibility index (Phi) is 4.63. The van der Waals surface area contributed by atoms with Crippen molar-refractivity contribution in [1.29, 1.82) is 0 Å². The molecule has 1 aromatic heterocycles. The lowest BCUT2D eigenvalue weighted by Gasteiger charge is -2.42. The van der Waals surface area contributed by atoms with E-state index in [0.717, 1.165) is 24.9 Å². The van der Waals surface area contributed by atoms with Gasteiger partial charge in [-0.2, -0.15) is 0 Å². The van der Waals surface area contributed by atoms with Gasteiger partial charge >= 0.3 is 11.9 Å². The molecule has 0 amide bonds. The maximum Gasteiger partial charge on any atom is 0.352 e. The van der Waals surface area contributed by atoms with Crippen molar-refractivity contribution in [2.75, 3.05) is 13.1 Å². The van der Waals surface area contributed by atoms with Gasteiger partial charge in [0, 0.05) is 19.6 Å². The molecule has 2 N–H and O–H groups in total. The first kappa shape index (κ1) is 18.6. The van der Waals surface area contributed by atoms with Crippen molar-refractivity contribution in [3.8, 4) is 0 Å². The lowest BCUT2D eigenvalue weighted by Crippen LogP contribution is -2.45. The van der Waals surface area contributed by atoms with Crippen LogP contribution in [-0.4, -0.2) is 49.7 Å². The molecule has 0 saturated carbocycles. The Balaban J connectivity index is 1.75. The molecule has 1 saturated heterocycles. The van der Waals surface area contributed by atoms with Crippen LogP contribution in [0.15, 0.2) is 42.2 Å². The van der Waals surface area contributed by atoms with Crippen LogP contribution in [0.1, 0.15) is 29.8 Å². The number of aryl methyl sites for hydroxylation is 1. The molecule has 0 unspecified atom stereocenters. The molecular weight excluding hydrogens is 382 g/mol. The number of fused-ring (bicyclic) bond motifs is 4. The average molecular weight is 402 g/mol. The predicted molar refractivity (Wildman–Crippen MR) is 102 cm³/mol. The zero-order valence-corrected chi connectivity index (χ0v) is 15.9. The third kappa shape index (κ3) is 2.96. The number of aromatic nitrogens is 2. The van der Waals surface area contributed by atoms with Crippen LogP contribution in [0.3, 0.4) is 0 Å². The quantitative estimate of drug-likeness (QED) is 0.767. The highest BCUT2D eigenvalue weighted by Gasteiger charge is 2.44. The lowest BCUT2D eigenvalue weighted by molar-refractivity contribution is -0.136. The van der Waals surface area contributed by atoms with E-state index in [9.17, 15) is 14.7 Å². The lowest BCUT2D eigenvalue weighted by atomic mass is 9.70. The third-order valence-electron chi connectivity index (χ3n) is 5.81. The number of hydrogen-bond donors (Lipinski definition) is 2. The summed E-state index contributed by atoms with van der Waals surface area (Å²) in [5.74, 6) is -1.59. The number of carbonyl (C=O) groups is 2. The predicted octanol–water partition coefficient (Wildman–Crippen LogP) is 2.53. The molecule has 2 aliphatic heterocycles. The minimum absolute atomic E-state index is 0.189. The Morgan fingerprint density at radius 1 is 1.14 bits per heavy atom.